The molecule has 8 heteroatoms. The van der Waals surface area contributed by atoms with Crippen molar-refractivity contribution >= 4 is 29.5 Å². The van der Waals surface area contributed by atoms with Crippen LogP contribution in [0.15, 0.2) is 55.6 Å². The quantitative estimate of drug-likeness (QED) is 0.423. The molecule has 212 valence electrons. The molecule has 3 heterocycles. The monoisotopic (exact) mass is 553 g/mol. The number of rotatable bonds is 11. The Morgan fingerprint density at radius 3 is 2.41 bits per heavy atom. The van der Waals surface area contributed by atoms with E-state index in [9.17, 15) is 19.5 Å². The van der Waals surface area contributed by atoms with Gasteiger partial charge >= 0.3 is 0 Å². The Morgan fingerprint density at radius 1 is 1.15 bits per heavy atom. The third-order valence-corrected chi connectivity index (χ3v) is 10.7. The fraction of sp³-hybridized carbons (Fsp3) is 0.581. The molecule has 0 aliphatic carbocycles. The zero-order valence-electron chi connectivity index (χ0n) is 23.7. The molecule has 2 bridgehead atoms. The van der Waals surface area contributed by atoms with E-state index in [0.29, 0.717) is 26.1 Å². The predicted octanol–water partition coefficient (Wildman–Crippen LogP) is 3.73. The number of likely N-dealkylation sites (tertiary alicyclic amines) is 1. The molecule has 4 rings (SSSR count). The van der Waals surface area contributed by atoms with Crippen molar-refractivity contribution in [2.24, 2.45) is 17.8 Å². The van der Waals surface area contributed by atoms with E-state index in [0.717, 1.165) is 12.0 Å². The molecule has 3 fully saturated rings. The largest absolute Gasteiger partial charge is 0.396 e. The minimum atomic E-state index is -0.689. The second-order valence-electron chi connectivity index (χ2n) is 12.1. The van der Waals surface area contributed by atoms with Gasteiger partial charge in [-0.25, -0.2) is 0 Å². The molecule has 0 aromatic heterocycles. The lowest BCUT2D eigenvalue weighted by molar-refractivity contribution is -0.146. The number of aliphatic hydroxyl groups excluding tert-OH is 1. The molecular formula is C31H43N3O4S. The van der Waals surface area contributed by atoms with E-state index in [-0.39, 0.29) is 42.0 Å². The van der Waals surface area contributed by atoms with Crippen LogP contribution in [-0.2, 0) is 20.9 Å². The molecule has 3 aliphatic rings. The van der Waals surface area contributed by atoms with Gasteiger partial charge in [-0.15, -0.1) is 24.9 Å². The molecule has 1 spiro atoms. The van der Waals surface area contributed by atoms with E-state index < -0.39 is 28.2 Å². The van der Waals surface area contributed by atoms with Crippen LogP contribution in [0, 0.1) is 17.8 Å². The Bertz CT molecular complexity index is 1100. The van der Waals surface area contributed by atoms with Crippen LogP contribution in [0.5, 0.6) is 0 Å². The molecule has 7 nitrogen and oxygen atoms in total. The molecule has 39 heavy (non-hydrogen) atoms. The van der Waals surface area contributed by atoms with E-state index >= 15 is 0 Å². The summed E-state index contributed by atoms with van der Waals surface area (Å²) in [5, 5.41) is 9.61. The van der Waals surface area contributed by atoms with Crippen molar-refractivity contribution in [3.05, 3.63) is 61.2 Å². The highest BCUT2D eigenvalue weighted by atomic mass is 32.2. The van der Waals surface area contributed by atoms with Crippen LogP contribution >= 0.6 is 11.8 Å². The summed E-state index contributed by atoms with van der Waals surface area (Å²) >= 11 is 1.69. The summed E-state index contributed by atoms with van der Waals surface area (Å²) in [7, 11) is 0. The summed E-state index contributed by atoms with van der Waals surface area (Å²) < 4.78 is -0.689. The first-order valence-electron chi connectivity index (χ1n) is 14.0. The lowest BCUT2D eigenvalue weighted by Gasteiger charge is -2.44. The highest BCUT2D eigenvalue weighted by molar-refractivity contribution is 8.02. The van der Waals surface area contributed by atoms with Gasteiger partial charge in [-0.2, -0.15) is 0 Å². The average Bonchev–Trinajstić information content (AvgIpc) is 3.48. The van der Waals surface area contributed by atoms with Gasteiger partial charge in [0.25, 0.3) is 0 Å². The van der Waals surface area contributed by atoms with Crippen molar-refractivity contribution < 1.29 is 19.5 Å². The first-order chi connectivity index (χ1) is 18.5. The second kappa shape index (κ2) is 11.5. The Balaban J connectivity index is 1.75. The molecular weight excluding hydrogens is 510 g/mol. The number of thioether (sulfide) groups is 1. The molecule has 1 aromatic carbocycles. The molecule has 1 aromatic rings. The highest BCUT2D eigenvalue weighted by Crippen LogP contribution is 2.69. The minimum absolute atomic E-state index is 0.0256. The number of fused-ring (bicyclic) bond motifs is 1. The van der Waals surface area contributed by atoms with Gasteiger partial charge in [-0.1, -0.05) is 49.4 Å². The number of amides is 3. The van der Waals surface area contributed by atoms with Crippen molar-refractivity contribution in [1.82, 2.24) is 14.7 Å². The Labute approximate surface area is 237 Å². The van der Waals surface area contributed by atoms with Gasteiger partial charge in [0.05, 0.1) is 16.6 Å². The number of carbonyl (C=O) groups is 3. The van der Waals surface area contributed by atoms with Crippen molar-refractivity contribution in [3.8, 4) is 0 Å². The Hall–Kier alpha value is -2.58. The molecule has 1 N–H and O–H groups in total. The number of hydrogen-bond donors (Lipinski definition) is 1. The van der Waals surface area contributed by atoms with Crippen LogP contribution in [0.2, 0.25) is 0 Å². The van der Waals surface area contributed by atoms with Crippen LogP contribution in [0.4, 0.5) is 0 Å². The standard InChI is InChI=1S/C31H43N3O4S/c1-7-15-32(20-22-13-10-9-11-14-22)27(36)24-23-19-21(3)31(39-23)25(24)28(37)33(17-12-18-35)26(31)29(38)34(16-8-2)30(4,5)6/h7-11,13-14,21,23-26,35H,1-2,12,15-20H2,3-6H3/t21?,23-,24+,25+,26?,31?/m1/s1. The SMILES string of the molecule is C=CCN(Cc1ccccc1)C(=O)[C@@H]1[C@H]2C(=O)N(CCCO)C(C(=O)N(CC=C)C(C)(C)C)C23S[C@@H]1CC3C. The second-order valence-corrected chi connectivity index (χ2v) is 13.6. The average molecular weight is 554 g/mol. The summed E-state index contributed by atoms with van der Waals surface area (Å²) in [4.78, 5) is 48.2. The Kier molecular flexibility index (Phi) is 8.67. The maximum Gasteiger partial charge on any atom is 0.247 e. The fourth-order valence-corrected chi connectivity index (χ4v) is 9.35. The van der Waals surface area contributed by atoms with Crippen LogP contribution in [0.1, 0.15) is 46.1 Å². The molecule has 3 saturated heterocycles. The maximum absolute atomic E-state index is 14.4. The number of carbonyl (C=O) groups excluding carboxylic acids is 3. The number of benzene rings is 1. The zero-order chi connectivity index (χ0) is 28.5. The van der Waals surface area contributed by atoms with Crippen LogP contribution < -0.4 is 0 Å². The van der Waals surface area contributed by atoms with E-state index in [2.05, 4.69) is 20.1 Å². The molecule has 3 unspecified atom stereocenters. The van der Waals surface area contributed by atoms with Gasteiger partial charge in [-0.3, -0.25) is 14.4 Å². The topological polar surface area (TPSA) is 81.2 Å². The van der Waals surface area contributed by atoms with E-state index in [1.165, 1.54) is 0 Å². The highest BCUT2D eigenvalue weighted by Gasteiger charge is 2.76. The first kappa shape index (κ1) is 29.4. The molecule has 3 amide bonds. The summed E-state index contributed by atoms with van der Waals surface area (Å²) in [5.74, 6) is -1.27. The summed E-state index contributed by atoms with van der Waals surface area (Å²) in [6, 6.07) is 9.16. The normalized spacial score (nSPS) is 29.3. The lowest BCUT2D eigenvalue weighted by atomic mass is 9.65. The van der Waals surface area contributed by atoms with Crippen LogP contribution in [-0.4, -0.2) is 85.3 Å². The van der Waals surface area contributed by atoms with Crippen LogP contribution in [0.25, 0.3) is 0 Å². The Morgan fingerprint density at radius 2 is 1.82 bits per heavy atom. The summed E-state index contributed by atoms with van der Waals surface area (Å²) in [6.45, 7) is 17.3. The van der Waals surface area contributed by atoms with E-state index in [1.807, 2.05) is 51.1 Å². The van der Waals surface area contributed by atoms with Crippen molar-refractivity contribution in [3.63, 3.8) is 0 Å². The fourth-order valence-electron chi connectivity index (χ4n) is 6.94. The van der Waals surface area contributed by atoms with Crippen molar-refractivity contribution in [2.45, 2.75) is 68.7 Å². The van der Waals surface area contributed by atoms with Crippen LogP contribution in [0.3, 0.4) is 0 Å². The number of nitrogens with zero attached hydrogens (tertiary/aromatic N) is 3. The van der Waals surface area contributed by atoms with Crippen molar-refractivity contribution in [2.75, 3.05) is 26.2 Å². The molecule has 0 radical (unpaired) electrons. The number of hydrogen-bond acceptors (Lipinski definition) is 5. The number of aliphatic hydroxyl groups is 1. The molecule has 6 atom stereocenters. The first-order valence-corrected chi connectivity index (χ1v) is 14.9. The summed E-state index contributed by atoms with van der Waals surface area (Å²) in [5.41, 5.74) is 0.550. The third kappa shape index (κ3) is 5.06. The smallest absolute Gasteiger partial charge is 0.247 e. The van der Waals surface area contributed by atoms with E-state index in [1.54, 1.807) is 38.6 Å². The van der Waals surface area contributed by atoms with Gasteiger partial charge in [0.1, 0.15) is 6.04 Å². The van der Waals surface area contributed by atoms with Gasteiger partial charge in [-0.05, 0) is 45.1 Å². The lowest BCUT2D eigenvalue weighted by Crippen LogP contribution is -2.60. The van der Waals surface area contributed by atoms with Gasteiger partial charge < -0.3 is 19.8 Å². The maximum atomic E-state index is 14.4. The van der Waals surface area contributed by atoms with E-state index in [4.69, 9.17) is 0 Å². The molecule has 3 aliphatic heterocycles. The minimum Gasteiger partial charge on any atom is -0.396 e. The van der Waals surface area contributed by atoms with Crippen molar-refractivity contribution in [1.29, 1.82) is 0 Å². The van der Waals surface area contributed by atoms with Gasteiger partial charge in [0.15, 0.2) is 0 Å². The van der Waals surface area contributed by atoms with Gasteiger partial charge in [0, 0.05) is 43.6 Å². The molecule has 0 saturated carbocycles. The zero-order valence-corrected chi connectivity index (χ0v) is 24.5. The third-order valence-electron chi connectivity index (χ3n) is 8.59. The van der Waals surface area contributed by atoms with Gasteiger partial charge in [0.2, 0.25) is 17.7 Å². The summed E-state index contributed by atoms with van der Waals surface area (Å²) in [6.07, 6.45) is 4.62. The predicted molar refractivity (Wildman–Crippen MR) is 156 cm³/mol.